The highest BCUT2D eigenvalue weighted by Gasteiger charge is 2.06. The summed E-state index contributed by atoms with van der Waals surface area (Å²) in [6, 6.07) is 3.83. The minimum Gasteiger partial charge on any atom is -0.349 e. The first-order valence-corrected chi connectivity index (χ1v) is 4.89. The van der Waals surface area contributed by atoms with Crippen molar-refractivity contribution in [3.63, 3.8) is 0 Å². The summed E-state index contributed by atoms with van der Waals surface area (Å²) in [7, 11) is 0. The normalized spacial score (nSPS) is 10.0. The zero-order valence-corrected chi connectivity index (χ0v) is 8.55. The van der Waals surface area contributed by atoms with Gasteiger partial charge in [0.1, 0.15) is 6.33 Å². The summed E-state index contributed by atoms with van der Waals surface area (Å²) in [5, 5.41) is 8.85. The number of H-pyrrole nitrogens is 1. The van der Waals surface area contributed by atoms with Gasteiger partial charge < -0.3 is 5.32 Å². The number of rotatable bonds is 4. The molecular weight excluding hydrogens is 206 g/mol. The molecule has 0 aromatic carbocycles. The quantitative estimate of drug-likeness (QED) is 0.764. The monoisotopic (exact) mass is 217 g/mol. The Morgan fingerprint density at radius 3 is 2.88 bits per heavy atom. The lowest BCUT2D eigenvalue weighted by Crippen LogP contribution is -2.26. The third kappa shape index (κ3) is 2.63. The van der Waals surface area contributed by atoms with Crippen molar-refractivity contribution in [2.45, 2.75) is 6.42 Å². The van der Waals surface area contributed by atoms with E-state index >= 15 is 0 Å². The van der Waals surface area contributed by atoms with Gasteiger partial charge >= 0.3 is 0 Å². The average molecular weight is 217 g/mol. The van der Waals surface area contributed by atoms with Gasteiger partial charge in [0.15, 0.2) is 0 Å². The number of pyridine rings is 1. The largest absolute Gasteiger partial charge is 0.349 e. The van der Waals surface area contributed by atoms with E-state index < -0.39 is 0 Å². The number of carbonyl (C=O) groups excluding carboxylic acids is 1. The molecule has 0 aliphatic heterocycles. The number of hydrogen-bond donors (Lipinski definition) is 2. The van der Waals surface area contributed by atoms with Crippen LogP contribution in [0.2, 0.25) is 0 Å². The maximum atomic E-state index is 11.4. The Morgan fingerprint density at radius 1 is 1.38 bits per heavy atom. The summed E-state index contributed by atoms with van der Waals surface area (Å²) in [4.78, 5) is 19.1. The van der Waals surface area contributed by atoms with Crippen LogP contribution in [-0.2, 0) is 6.42 Å². The molecule has 0 fully saturated rings. The lowest BCUT2D eigenvalue weighted by Gasteiger charge is -2.02. The minimum absolute atomic E-state index is 0.231. The maximum Gasteiger partial charge on any atom is 0.288 e. The Balaban J connectivity index is 1.79. The summed E-state index contributed by atoms with van der Waals surface area (Å²) in [6.07, 6.45) is 5.53. The van der Waals surface area contributed by atoms with Crippen LogP contribution in [0, 0.1) is 0 Å². The van der Waals surface area contributed by atoms with E-state index in [2.05, 4.69) is 25.5 Å². The summed E-state index contributed by atoms with van der Waals surface area (Å²) < 4.78 is 0. The van der Waals surface area contributed by atoms with Gasteiger partial charge in [-0.3, -0.25) is 14.9 Å². The van der Waals surface area contributed by atoms with Crippen molar-refractivity contribution in [2.75, 3.05) is 6.54 Å². The van der Waals surface area contributed by atoms with E-state index in [0.29, 0.717) is 6.54 Å². The van der Waals surface area contributed by atoms with Gasteiger partial charge in [0, 0.05) is 18.9 Å². The molecule has 2 rings (SSSR count). The van der Waals surface area contributed by atoms with Crippen LogP contribution in [0.3, 0.4) is 0 Å². The molecule has 0 bridgehead atoms. The van der Waals surface area contributed by atoms with E-state index in [1.54, 1.807) is 12.4 Å². The number of nitrogens with one attached hydrogen (secondary N) is 2. The molecule has 0 aliphatic carbocycles. The second-order valence-electron chi connectivity index (χ2n) is 3.20. The van der Waals surface area contributed by atoms with E-state index in [0.717, 1.165) is 12.0 Å². The third-order valence-corrected chi connectivity index (χ3v) is 2.08. The Morgan fingerprint density at radius 2 is 2.19 bits per heavy atom. The number of amides is 1. The van der Waals surface area contributed by atoms with Crippen LogP contribution >= 0.6 is 0 Å². The highest BCUT2D eigenvalue weighted by Crippen LogP contribution is 1.96. The molecule has 0 radical (unpaired) electrons. The van der Waals surface area contributed by atoms with Crippen LogP contribution in [0.4, 0.5) is 0 Å². The fourth-order valence-corrected chi connectivity index (χ4v) is 1.27. The lowest BCUT2D eigenvalue weighted by molar-refractivity contribution is 0.0944. The van der Waals surface area contributed by atoms with E-state index in [9.17, 15) is 4.79 Å². The van der Waals surface area contributed by atoms with Gasteiger partial charge in [-0.25, -0.2) is 4.98 Å². The molecule has 2 heterocycles. The molecule has 1 amide bonds. The molecule has 0 saturated heterocycles. The van der Waals surface area contributed by atoms with Crippen molar-refractivity contribution in [1.29, 1.82) is 0 Å². The van der Waals surface area contributed by atoms with Crippen LogP contribution in [0.1, 0.15) is 16.2 Å². The second kappa shape index (κ2) is 5.01. The van der Waals surface area contributed by atoms with Gasteiger partial charge in [-0.15, -0.1) is 0 Å². The average Bonchev–Trinajstić information content (AvgIpc) is 2.84. The van der Waals surface area contributed by atoms with E-state index in [-0.39, 0.29) is 11.7 Å². The number of nitrogens with zero attached hydrogens (tertiary/aromatic N) is 3. The molecule has 82 valence electrons. The first-order chi connectivity index (χ1) is 7.86. The smallest absolute Gasteiger partial charge is 0.288 e. The standard InChI is InChI=1S/C10H11N5O/c16-10(9-13-7-14-15-9)12-6-3-8-1-4-11-5-2-8/h1-2,4-5,7H,3,6H2,(H,12,16)(H,13,14,15). The SMILES string of the molecule is O=C(NCCc1ccncc1)c1ncn[nH]1. The molecule has 6 heteroatoms. The molecule has 2 aromatic heterocycles. The Hall–Kier alpha value is -2.24. The van der Waals surface area contributed by atoms with Gasteiger partial charge in [-0.1, -0.05) is 0 Å². The van der Waals surface area contributed by atoms with Crippen molar-refractivity contribution < 1.29 is 4.79 Å². The van der Waals surface area contributed by atoms with Crippen molar-refractivity contribution in [3.8, 4) is 0 Å². The molecule has 0 unspecified atom stereocenters. The fourth-order valence-electron chi connectivity index (χ4n) is 1.27. The van der Waals surface area contributed by atoms with E-state index in [4.69, 9.17) is 0 Å². The van der Waals surface area contributed by atoms with Crippen molar-refractivity contribution in [2.24, 2.45) is 0 Å². The van der Waals surface area contributed by atoms with Crippen molar-refractivity contribution in [1.82, 2.24) is 25.5 Å². The van der Waals surface area contributed by atoms with Gasteiger partial charge in [-0.05, 0) is 24.1 Å². The maximum absolute atomic E-state index is 11.4. The predicted octanol–water partition coefficient (Wildman–Crippen LogP) is 0.172. The first kappa shape index (κ1) is 10.3. The van der Waals surface area contributed by atoms with Crippen LogP contribution in [-0.4, -0.2) is 32.6 Å². The van der Waals surface area contributed by atoms with E-state index in [1.807, 2.05) is 12.1 Å². The molecule has 0 atom stereocenters. The van der Waals surface area contributed by atoms with Gasteiger partial charge in [0.05, 0.1) is 0 Å². The van der Waals surface area contributed by atoms with Gasteiger partial charge in [0.25, 0.3) is 5.91 Å². The molecule has 0 aliphatic rings. The number of hydrogen-bond acceptors (Lipinski definition) is 4. The van der Waals surface area contributed by atoms with Gasteiger partial charge in [-0.2, -0.15) is 5.10 Å². The minimum atomic E-state index is -0.244. The second-order valence-corrected chi connectivity index (χ2v) is 3.20. The topological polar surface area (TPSA) is 83.6 Å². The van der Waals surface area contributed by atoms with Crippen LogP contribution in [0.15, 0.2) is 30.9 Å². The Bertz CT molecular complexity index is 439. The zero-order valence-electron chi connectivity index (χ0n) is 8.55. The third-order valence-electron chi connectivity index (χ3n) is 2.08. The first-order valence-electron chi connectivity index (χ1n) is 4.89. The molecular formula is C10H11N5O. The predicted molar refractivity (Wildman–Crippen MR) is 56.7 cm³/mol. The summed E-state index contributed by atoms with van der Waals surface area (Å²) in [5.41, 5.74) is 1.13. The molecule has 2 N–H and O–H groups in total. The summed E-state index contributed by atoms with van der Waals surface area (Å²) in [5.74, 6) is -0.0127. The number of aromatic nitrogens is 4. The fraction of sp³-hybridized carbons (Fsp3) is 0.200. The summed E-state index contributed by atoms with van der Waals surface area (Å²) >= 11 is 0. The summed E-state index contributed by atoms with van der Waals surface area (Å²) in [6.45, 7) is 0.559. The number of carbonyl (C=O) groups is 1. The Labute approximate surface area is 92.1 Å². The zero-order chi connectivity index (χ0) is 11.2. The van der Waals surface area contributed by atoms with Crippen molar-refractivity contribution in [3.05, 3.63) is 42.2 Å². The molecule has 0 saturated carbocycles. The molecule has 16 heavy (non-hydrogen) atoms. The lowest BCUT2D eigenvalue weighted by atomic mass is 10.2. The van der Waals surface area contributed by atoms with Crippen LogP contribution < -0.4 is 5.32 Å². The molecule has 6 nitrogen and oxygen atoms in total. The highest BCUT2D eigenvalue weighted by atomic mass is 16.2. The molecule has 2 aromatic rings. The van der Waals surface area contributed by atoms with Crippen LogP contribution in [0.5, 0.6) is 0 Å². The van der Waals surface area contributed by atoms with Crippen LogP contribution in [0.25, 0.3) is 0 Å². The van der Waals surface area contributed by atoms with Gasteiger partial charge in [0.2, 0.25) is 5.82 Å². The Kier molecular flexibility index (Phi) is 3.22. The molecule has 0 spiro atoms. The van der Waals surface area contributed by atoms with E-state index in [1.165, 1.54) is 6.33 Å². The van der Waals surface area contributed by atoms with Crippen molar-refractivity contribution >= 4 is 5.91 Å². The number of aromatic amines is 1. The highest BCUT2D eigenvalue weighted by molar-refractivity contribution is 5.90.